The summed E-state index contributed by atoms with van der Waals surface area (Å²) < 4.78 is 36.4. The highest BCUT2D eigenvalue weighted by Gasteiger charge is 2.41. The summed E-state index contributed by atoms with van der Waals surface area (Å²) in [5, 5.41) is 49.2. The zero-order valence-corrected chi connectivity index (χ0v) is 11.5. The standard InChI is InChI=1S/C6H13NO5.C2HF3O2.CH5N3/c7-3-5(10)4(9)2(1-8)12-6(3)11;3-2(4,5)1(6)7;2-1(3)4/h2-6,8-11H,1,7H2;(H,6,7);(H5,2,3,4)/t2-,3-,4-,5-,6?;;/m1../s1. The maximum Gasteiger partial charge on any atom is 0.490 e. The minimum absolute atomic E-state index is 0.333. The maximum absolute atomic E-state index is 10.6. The zero-order chi connectivity index (χ0) is 19.0. The number of nitrogens with two attached hydrogens (primary N) is 3. The zero-order valence-electron chi connectivity index (χ0n) is 11.5. The summed E-state index contributed by atoms with van der Waals surface area (Å²) in [7, 11) is 0. The number of aliphatic hydroxyl groups excluding tert-OH is 4. The topological polar surface area (TPSA) is 229 Å². The van der Waals surface area contributed by atoms with Gasteiger partial charge in [0.05, 0.1) is 12.6 Å². The second-order valence-corrected chi connectivity index (χ2v) is 4.06. The summed E-state index contributed by atoms with van der Waals surface area (Å²) in [5.41, 5.74) is 14.2. The van der Waals surface area contributed by atoms with Gasteiger partial charge in [-0.3, -0.25) is 5.41 Å². The number of nitrogens with one attached hydrogen (secondary N) is 1. The van der Waals surface area contributed by atoms with E-state index in [1.807, 2.05) is 0 Å². The third kappa shape index (κ3) is 9.82. The highest BCUT2D eigenvalue weighted by molar-refractivity contribution is 5.73. The molecule has 1 rings (SSSR count). The van der Waals surface area contributed by atoms with Crippen LogP contribution in [0.3, 0.4) is 0 Å². The predicted octanol–water partition coefficient (Wildman–Crippen LogP) is -3.78. The van der Waals surface area contributed by atoms with Crippen molar-refractivity contribution in [1.29, 1.82) is 5.41 Å². The lowest BCUT2D eigenvalue weighted by Gasteiger charge is -2.38. The molecule has 138 valence electrons. The van der Waals surface area contributed by atoms with Gasteiger partial charge in [-0.15, -0.1) is 0 Å². The summed E-state index contributed by atoms with van der Waals surface area (Å²) in [6, 6.07) is -1.04. The normalized spacial score (nSPS) is 30.2. The Bertz CT molecular complexity index is 376. The quantitative estimate of drug-likeness (QED) is 0.165. The Kier molecular flexibility index (Phi) is 10.4. The minimum atomic E-state index is -5.08. The summed E-state index contributed by atoms with van der Waals surface area (Å²) in [6.07, 6.45) is -9.94. The molecular weight excluding hydrogens is 333 g/mol. The molecule has 5 atom stereocenters. The number of ether oxygens (including phenoxy) is 1. The number of hydrogen-bond acceptors (Lipinski definition) is 8. The number of guanidine groups is 1. The van der Waals surface area contributed by atoms with Gasteiger partial charge in [-0.1, -0.05) is 0 Å². The van der Waals surface area contributed by atoms with Crippen molar-refractivity contribution in [2.45, 2.75) is 36.8 Å². The van der Waals surface area contributed by atoms with Gasteiger partial charge in [0.25, 0.3) is 0 Å². The fraction of sp³-hybridized carbons (Fsp3) is 0.778. The number of aliphatic carboxylic acids is 1. The van der Waals surface area contributed by atoms with Gasteiger partial charge in [-0.25, -0.2) is 4.79 Å². The minimum Gasteiger partial charge on any atom is -0.475 e. The molecule has 23 heavy (non-hydrogen) atoms. The molecular formula is C9H19F3N4O7. The van der Waals surface area contributed by atoms with E-state index in [1.54, 1.807) is 0 Å². The molecule has 14 heteroatoms. The third-order valence-electron chi connectivity index (χ3n) is 2.19. The van der Waals surface area contributed by atoms with Crippen LogP contribution >= 0.6 is 0 Å². The summed E-state index contributed by atoms with van der Waals surface area (Å²) in [6.45, 7) is -0.470. The number of carbonyl (C=O) groups is 1. The van der Waals surface area contributed by atoms with Crippen molar-refractivity contribution in [3.05, 3.63) is 0 Å². The van der Waals surface area contributed by atoms with Crippen LogP contribution in [0.5, 0.6) is 0 Å². The smallest absolute Gasteiger partial charge is 0.475 e. The van der Waals surface area contributed by atoms with Gasteiger partial charge in [0.1, 0.15) is 18.3 Å². The Morgan fingerprint density at radius 2 is 1.52 bits per heavy atom. The summed E-state index contributed by atoms with van der Waals surface area (Å²) >= 11 is 0. The summed E-state index contributed by atoms with van der Waals surface area (Å²) in [4.78, 5) is 8.90. The Morgan fingerprint density at radius 1 is 1.17 bits per heavy atom. The number of alkyl halides is 3. The Balaban J connectivity index is 0. The van der Waals surface area contributed by atoms with Crippen molar-refractivity contribution in [3.8, 4) is 0 Å². The van der Waals surface area contributed by atoms with E-state index < -0.39 is 49.4 Å². The Labute approximate surface area is 127 Å². The number of carboxylic acids is 1. The first-order chi connectivity index (χ1) is 10.3. The van der Waals surface area contributed by atoms with Crippen LogP contribution in [0.4, 0.5) is 13.2 Å². The SMILES string of the molecule is N=C(N)N.N[C@H]1C(O)O[C@H](CO)[C@@H](O)[C@@H]1O.O=C(O)C(F)(F)F. The molecule has 0 aromatic heterocycles. The van der Waals surface area contributed by atoms with E-state index in [0.29, 0.717) is 0 Å². The number of aliphatic hydroxyl groups is 4. The van der Waals surface area contributed by atoms with E-state index >= 15 is 0 Å². The Morgan fingerprint density at radius 3 is 1.78 bits per heavy atom. The van der Waals surface area contributed by atoms with E-state index in [0.717, 1.165) is 0 Å². The van der Waals surface area contributed by atoms with Crippen molar-refractivity contribution in [2.75, 3.05) is 6.61 Å². The van der Waals surface area contributed by atoms with E-state index in [1.165, 1.54) is 0 Å². The number of rotatable bonds is 1. The van der Waals surface area contributed by atoms with Gasteiger partial charge in [-0.05, 0) is 0 Å². The summed E-state index contributed by atoms with van der Waals surface area (Å²) in [5.74, 6) is -3.09. The number of hydrogen-bond donors (Lipinski definition) is 9. The Hall–Kier alpha value is -1.71. The second-order valence-electron chi connectivity index (χ2n) is 4.06. The van der Waals surface area contributed by atoms with Crippen LogP contribution in [0.25, 0.3) is 0 Å². The molecule has 0 aromatic rings. The van der Waals surface area contributed by atoms with Crippen LogP contribution in [0, 0.1) is 5.41 Å². The van der Waals surface area contributed by atoms with Crippen molar-refractivity contribution in [2.24, 2.45) is 17.2 Å². The van der Waals surface area contributed by atoms with Gasteiger partial charge in [0, 0.05) is 0 Å². The molecule has 12 N–H and O–H groups in total. The average Bonchev–Trinajstić information content (AvgIpc) is 2.39. The van der Waals surface area contributed by atoms with Gasteiger partial charge in [0.15, 0.2) is 12.2 Å². The van der Waals surface area contributed by atoms with Crippen molar-refractivity contribution >= 4 is 11.9 Å². The monoisotopic (exact) mass is 352 g/mol. The highest BCUT2D eigenvalue weighted by atomic mass is 19.4. The first-order valence-corrected chi connectivity index (χ1v) is 5.71. The lowest BCUT2D eigenvalue weighted by Crippen LogP contribution is -2.61. The molecule has 0 saturated carbocycles. The van der Waals surface area contributed by atoms with Crippen LogP contribution in [0.15, 0.2) is 0 Å². The predicted molar refractivity (Wildman–Crippen MR) is 67.7 cm³/mol. The van der Waals surface area contributed by atoms with E-state index in [9.17, 15) is 23.4 Å². The van der Waals surface area contributed by atoms with Crippen LogP contribution in [-0.4, -0.2) is 80.9 Å². The first-order valence-electron chi connectivity index (χ1n) is 5.71. The molecule has 0 amide bonds. The third-order valence-corrected chi connectivity index (χ3v) is 2.19. The van der Waals surface area contributed by atoms with Crippen LogP contribution in [0.2, 0.25) is 0 Å². The fourth-order valence-electron chi connectivity index (χ4n) is 1.12. The molecule has 0 spiro atoms. The molecule has 0 radical (unpaired) electrons. The molecule has 11 nitrogen and oxygen atoms in total. The lowest BCUT2D eigenvalue weighted by atomic mass is 9.98. The maximum atomic E-state index is 10.6. The van der Waals surface area contributed by atoms with Crippen molar-refractivity contribution in [3.63, 3.8) is 0 Å². The van der Waals surface area contributed by atoms with E-state index in [2.05, 4.69) is 11.5 Å². The molecule has 1 fully saturated rings. The van der Waals surface area contributed by atoms with Crippen LogP contribution in [-0.2, 0) is 9.53 Å². The molecule has 0 aromatic carbocycles. The van der Waals surface area contributed by atoms with Crippen molar-refractivity contribution in [1.82, 2.24) is 0 Å². The molecule has 1 unspecified atom stereocenters. The van der Waals surface area contributed by atoms with Crippen LogP contribution < -0.4 is 17.2 Å². The van der Waals surface area contributed by atoms with Crippen molar-refractivity contribution < 1.29 is 48.2 Å². The fourth-order valence-corrected chi connectivity index (χ4v) is 1.12. The highest BCUT2D eigenvalue weighted by Crippen LogP contribution is 2.17. The van der Waals surface area contributed by atoms with Crippen LogP contribution in [0.1, 0.15) is 0 Å². The van der Waals surface area contributed by atoms with Gasteiger partial charge < -0.3 is 47.5 Å². The average molecular weight is 352 g/mol. The molecule has 1 aliphatic heterocycles. The molecule has 1 saturated heterocycles. The van der Waals surface area contributed by atoms with Gasteiger partial charge in [-0.2, -0.15) is 13.2 Å². The van der Waals surface area contributed by atoms with E-state index in [4.69, 9.17) is 36.0 Å². The molecule has 0 aliphatic carbocycles. The second kappa shape index (κ2) is 10.1. The largest absolute Gasteiger partial charge is 0.490 e. The number of carboxylic acid groups (broad SMARTS) is 1. The molecule has 0 bridgehead atoms. The molecule has 1 heterocycles. The number of halogens is 3. The molecule has 1 aliphatic rings. The van der Waals surface area contributed by atoms with Gasteiger partial charge in [0.2, 0.25) is 0 Å². The lowest BCUT2D eigenvalue weighted by molar-refractivity contribution is -0.248. The van der Waals surface area contributed by atoms with Gasteiger partial charge >= 0.3 is 12.1 Å². The first kappa shape index (κ1) is 23.6. The van der Waals surface area contributed by atoms with E-state index in [-0.39, 0.29) is 5.96 Å².